The van der Waals surface area contributed by atoms with E-state index >= 15 is 0 Å². The van der Waals surface area contributed by atoms with Gasteiger partial charge in [-0.1, -0.05) is 19.0 Å². The molecule has 3 rings (SSSR count). The van der Waals surface area contributed by atoms with Crippen molar-refractivity contribution < 1.29 is 14.1 Å². The Morgan fingerprint density at radius 3 is 2.78 bits per heavy atom. The number of hydrogen-bond acceptors (Lipinski definition) is 5. The second-order valence-electron chi connectivity index (χ2n) is 6.13. The number of H-pyrrole nitrogens is 1. The second-order valence-corrected chi connectivity index (χ2v) is 6.13. The van der Waals surface area contributed by atoms with E-state index in [2.05, 4.69) is 20.4 Å². The molecule has 1 aliphatic heterocycles. The Morgan fingerprint density at radius 1 is 1.39 bits per heavy atom. The molecular formula is C16H22N4O3. The van der Waals surface area contributed by atoms with Crippen molar-refractivity contribution in [3.05, 3.63) is 35.7 Å². The van der Waals surface area contributed by atoms with Gasteiger partial charge in [0, 0.05) is 25.3 Å². The molecule has 1 saturated heterocycles. The summed E-state index contributed by atoms with van der Waals surface area (Å²) >= 11 is 0. The van der Waals surface area contributed by atoms with Gasteiger partial charge in [0.2, 0.25) is 5.89 Å². The molecule has 1 amide bonds. The fourth-order valence-electron chi connectivity index (χ4n) is 2.73. The molecule has 0 bridgehead atoms. The highest BCUT2D eigenvalue weighted by Gasteiger charge is 2.32. The number of amides is 1. The third-order valence-corrected chi connectivity index (χ3v) is 4.11. The van der Waals surface area contributed by atoms with Crippen LogP contribution in [0.4, 0.5) is 0 Å². The van der Waals surface area contributed by atoms with Crippen molar-refractivity contribution in [2.24, 2.45) is 5.92 Å². The number of carbonyl (C=O) groups excluding carboxylic acids is 1. The zero-order chi connectivity index (χ0) is 16.2. The molecule has 0 radical (unpaired) electrons. The lowest BCUT2D eigenvalue weighted by Gasteiger charge is -2.28. The lowest BCUT2D eigenvalue weighted by molar-refractivity contribution is 0.0467. The summed E-state index contributed by atoms with van der Waals surface area (Å²) in [6, 6.07) is 3.24. The zero-order valence-corrected chi connectivity index (χ0v) is 13.4. The van der Waals surface area contributed by atoms with Crippen molar-refractivity contribution in [1.29, 1.82) is 0 Å². The topological polar surface area (TPSA) is 93.0 Å². The third-order valence-electron chi connectivity index (χ3n) is 4.11. The highest BCUT2D eigenvalue weighted by Crippen LogP contribution is 2.30. The standard InChI is InChI=1S/C16H22N4O3/c1-10(2)14-19-16(23-20-14)13(11-5-8-22-9-6-11)18-15(21)12-4-3-7-17-12/h3-4,7,10-11,13,17H,5-6,8-9H2,1-2H3,(H,18,21)/t13-/m1/s1. The minimum atomic E-state index is -0.297. The highest BCUT2D eigenvalue weighted by atomic mass is 16.5. The zero-order valence-electron chi connectivity index (χ0n) is 13.4. The minimum absolute atomic E-state index is 0.171. The number of aromatic nitrogens is 3. The van der Waals surface area contributed by atoms with Gasteiger partial charge in [0.15, 0.2) is 5.82 Å². The van der Waals surface area contributed by atoms with Crippen molar-refractivity contribution in [2.45, 2.75) is 38.6 Å². The Morgan fingerprint density at radius 2 is 2.17 bits per heavy atom. The molecule has 2 aromatic heterocycles. The van der Waals surface area contributed by atoms with E-state index in [0.717, 1.165) is 12.8 Å². The molecule has 0 spiro atoms. The number of ether oxygens (including phenoxy) is 1. The Hall–Kier alpha value is -2.15. The fourth-order valence-corrected chi connectivity index (χ4v) is 2.73. The first-order chi connectivity index (χ1) is 11.1. The SMILES string of the molecule is CC(C)c1noc([C@H](NC(=O)c2ccc[nH]2)C2CCOCC2)n1. The average Bonchev–Trinajstić information content (AvgIpc) is 3.24. The number of rotatable bonds is 5. The van der Waals surface area contributed by atoms with Gasteiger partial charge < -0.3 is 19.6 Å². The normalized spacial score (nSPS) is 17.3. The summed E-state index contributed by atoms with van der Waals surface area (Å²) in [5, 5.41) is 7.06. The molecule has 1 fully saturated rings. The summed E-state index contributed by atoms with van der Waals surface area (Å²) in [5.74, 6) is 1.37. The van der Waals surface area contributed by atoms with Crippen LogP contribution < -0.4 is 5.32 Å². The second kappa shape index (κ2) is 6.95. The van der Waals surface area contributed by atoms with E-state index in [1.54, 1.807) is 18.3 Å². The van der Waals surface area contributed by atoms with Crippen LogP contribution in [0.2, 0.25) is 0 Å². The smallest absolute Gasteiger partial charge is 0.268 e. The fraction of sp³-hybridized carbons (Fsp3) is 0.562. The summed E-state index contributed by atoms with van der Waals surface area (Å²) in [5.41, 5.74) is 0.519. The molecule has 0 unspecified atom stereocenters. The molecule has 7 heteroatoms. The number of aromatic amines is 1. The predicted octanol–water partition coefficient (Wildman–Crippen LogP) is 2.42. The van der Waals surface area contributed by atoms with Crippen LogP contribution in [-0.2, 0) is 4.74 Å². The molecule has 0 saturated carbocycles. The van der Waals surface area contributed by atoms with E-state index in [0.29, 0.717) is 30.6 Å². The van der Waals surface area contributed by atoms with Crippen molar-refractivity contribution in [3.8, 4) is 0 Å². The van der Waals surface area contributed by atoms with Gasteiger partial charge in [0.05, 0.1) is 0 Å². The van der Waals surface area contributed by atoms with Gasteiger partial charge in [-0.15, -0.1) is 0 Å². The summed E-state index contributed by atoms with van der Waals surface area (Å²) in [6.07, 6.45) is 3.44. The van der Waals surface area contributed by atoms with Gasteiger partial charge in [-0.05, 0) is 30.9 Å². The van der Waals surface area contributed by atoms with Gasteiger partial charge in [-0.25, -0.2) is 0 Å². The Balaban J connectivity index is 1.81. The molecule has 1 aliphatic rings. The first kappa shape index (κ1) is 15.7. The number of carbonyl (C=O) groups is 1. The quantitative estimate of drug-likeness (QED) is 0.883. The van der Waals surface area contributed by atoms with Crippen molar-refractivity contribution >= 4 is 5.91 Å². The van der Waals surface area contributed by atoms with E-state index in [4.69, 9.17) is 9.26 Å². The summed E-state index contributed by atoms with van der Waals surface area (Å²) in [7, 11) is 0. The first-order valence-corrected chi connectivity index (χ1v) is 8.00. The summed E-state index contributed by atoms with van der Waals surface area (Å²) in [4.78, 5) is 19.8. The molecule has 23 heavy (non-hydrogen) atoms. The maximum absolute atomic E-state index is 12.4. The third kappa shape index (κ3) is 3.61. The van der Waals surface area contributed by atoms with Crippen LogP contribution in [0.5, 0.6) is 0 Å². The van der Waals surface area contributed by atoms with E-state index in [-0.39, 0.29) is 23.8 Å². The van der Waals surface area contributed by atoms with Crippen LogP contribution in [-0.4, -0.2) is 34.2 Å². The van der Waals surface area contributed by atoms with Gasteiger partial charge in [0.25, 0.3) is 5.91 Å². The predicted molar refractivity (Wildman–Crippen MR) is 82.9 cm³/mol. The lowest BCUT2D eigenvalue weighted by atomic mass is 9.91. The van der Waals surface area contributed by atoms with E-state index < -0.39 is 0 Å². The molecule has 124 valence electrons. The number of hydrogen-bond donors (Lipinski definition) is 2. The summed E-state index contributed by atoms with van der Waals surface area (Å²) in [6.45, 7) is 5.39. The molecule has 1 atom stereocenters. The number of nitrogens with zero attached hydrogens (tertiary/aromatic N) is 2. The highest BCUT2D eigenvalue weighted by molar-refractivity contribution is 5.92. The first-order valence-electron chi connectivity index (χ1n) is 8.00. The van der Waals surface area contributed by atoms with Crippen LogP contribution in [0, 0.1) is 5.92 Å². The van der Waals surface area contributed by atoms with Crippen molar-refractivity contribution in [3.63, 3.8) is 0 Å². The molecule has 2 aromatic rings. The van der Waals surface area contributed by atoms with Gasteiger partial charge in [-0.3, -0.25) is 4.79 Å². The van der Waals surface area contributed by atoms with Crippen LogP contribution in [0.15, 0.2) is 22.9 Å². The van der Waals surface area contributed by atoms with E-state index in [9.17, 15) is 4.79 Å². The monoisotopic (exact) mass is 318 g/mol. The lowest BCUT2D eigenvalue weighted by Crippen LogP contribution is -2.36. The molecule has 3 heterocycles. The largest absolute Gasteiger partial charge is 0.381 e. The van der Waals surface area contributed by atoms with E-state index in [1.165, 1.54) is 0 Å². The Kier molecular flexibility index (Phi) is 4.76. The van der Waals surface area contributed by atoms with Crippen molar-refractivity contribution in [1.82, 2.24) is 20.4 Å². The van der Waals surface area contributed by atoms with Crippen LogP contribution in [0.25, 0.3) is 0 Å². The maximum atomic E-state index is 12.4. The average molecular weight is 318 g/mol. The van der Waals surface area contributed by atoms with Gasteiger partial charge >= 0.3 is 0 Å². The molecule has 0 aliphatic carbocycles. The summed E-state index contributed by atoms with van der Waals surface area (Å²) < 4.78 is 10.9. The van der Waals surface area contributed by atoms with Gasteiger partial charge in [-0.2, -0.15) is 4.98 Å². The Bertz CT molecular complexity index is 630. The minimum Gasteiger partial charge on any atom is -0.381 e. The van der Waals surface area contributed by atoms with Crippen LogP contribution in [0.3, 0.4) is 0 Å². The van der Waals surface area contributed by atoms with E-state index in [1.807, 2.05) is 13.8 Å². The maximum Gasteiger partial charge on any atom is 0.268 e. The van der Waals surface area contributed by atoms with Crippen molar-refractivity contribution in [2.75, 3.05) is 13.2 Å². The molecular weight excluding hydrogens is 296 g/mol. The van der Waals surface area contributed by atoms with Crippen LogP contribution in [0.1, 0.15) is 60.9 Å². The van der Waals surface area contributed by atoms with Gasteiger partial charge in [0.1, 0.15) is 11.7 Å². The van der Waals surface area contributed by atoms with Crippen LogP contribution >= 0.6 is 0 Å². The Labute approximate surface area is 134 Å². The molecule has 0 aromatic carbocycles. The molecule has 2 N–H and O–H groups in total. The molecule has 7 nitrogen and oxygen atoms in total. The number of nitrogens with one attached hydrogen (secondary N) is 2.